The maximum Gasteiger partial charge on any atom is 0.227 e. The van der Waals surface area contributed by atoms with Gasteiger partial charge in [0.2, 0.25) is 11.8 Å². The molecular weight excluding hydrogens is 376 g/mol. The molecule has 5 heteroatoms. The number of methoxy groups -OCH3 is 1. The molecule has 0 saturated heterocycles. The van der Waals surface area contributed by atoms with Gasteiger partial charge < -0.3 is 14.5 Å². The molecule has 4 rings (SSSR count). The number of oxazole rings is 1. The first-order valence-electron chi connectivity index (χ1n) is 11.0. The number of benzene rings is 2. The van der Waals surface area contributed by atoms with Crippen LogP contribution in [0, 0.1) is 11.8 Å². The molecule has 1 N–H and O–H groups in total. The Hall–Kier alpha value is -2.82. The molecule has 1 fully saturated rings. The van der Waals surface area contributed by atoms with Crippen molar-refractivity contribution < 1.29 is 13.9 Å². The smallest absolute Gasteiger partial charge is 0.227 e. The van der Waals surface area contributed by atoms with Crippen LogP contribution >= 0.6 is 0 Å². The first-order chi connectivity index (χ1) is 14.7. The fourth-order valence-electron chi connectivity index (χ4n) is 4.33. The van der Waals surface area contributed by atoms with E-state index in [9.17, 15) is 4.79 Å². The first kappa shape index (κ1) is 20.5. The van der Waals surface area contributed by atoms with Gasteiger partial charge in [-0.05, 0) is 61.9 Å². The second kappa shape index (κ2) is 9.33. The molecule has 0 bridgehead atoms. The first-order valence-corrected chi connectivity index (χ1v) is 11.0. The lowest BCUT2D eigenvalue weighted by molar-refractivity contribution is -0.121. The number of unbranched alkanes of at least 4 members (excludes halogenated alkanes) is 1. The van der Waals surface area contributed by atoms with Crippen LogP contribution in [0.1, 0.15) is 51.9 Å². The van der Waals surface area contributed by atoms with Gasteiger partial charge in [-0.1, -0.05) is 32.3 Å². The lowest BCUT2D eigenvalue weighted by atomic mass is 9.79. The summed E-state index contributed by atoms with van der Waals surface area (Å²) in [6, 6.07) is 13.3. The minimum absolute atomic E-state index is 0.112. The van der Waals surface area contributed by atoms with E-state index < -0.39 is 0 Å². The number of amides is 1. The van der Waals surface area contributed by atoms with Crippen molar-refractivity contribution in [3.8, 4) is 17.2 Å². The van der Waals surface area contributed by atoms with Crippen LogP contribution < -0.4 is 10.1 Å². The van der Waals surface area contributed by atoms with Gasteiger partial charge >= 0.3 is 0 Å². The van der Waals surface area contributed by atoms with Crippen LogP contribution in [0.25, 0.3) is 22.6 Å². The Morgan fingerprint density at radius 3 is 2.77 bits per heavy atom. The predicted molar refractivity (Wildman–Crippen MR) is 120 cm³/mol. The Labute approximate surface area is 177 Å². The third-order valence-corrected chi connectivity index (χ3v) is 6.16. The highest BCUT2D eigenvalue weighted by molar-refractivity contribution is 5.94. The molecule has 3 aromatic rings. The highest BCUT2D eigenvalue weighted by atomic mass is 16.5. The van der Waals surface area contributed by atoms with Gasteiger partial charge in [-0.3, -0.25) is 4.79 Å². The summed E-state index contributed by atoms with van der Waals surface area (Å²) in [5.41, 5.74) is 3.04. The van der Waals surface area contributed by atoms with Crippen LogP contribution in [0.3, 0.4) is 0 Å². The zero-order valence-electron chi connectivity index (χ0n) is 17.8. The summed E-state index contributed by atoms with van der Waals surface area (Å²) < 4.78 is 11.2. The van der Waals surface area contributed by atoms with Crippen molar-refractivity contribution >= 4 is 22.7 Å². The summed E-state index contributed by atoms with van der Waals surface area (Å²) in [7, 11) is 1.64. The molecule has 1 saturated carbocycles. The average molecular weight is 407 g/mol. The SMILES string of the molecule is CCCCC1CCC(C(=O)Nc2ccc3nc(-c4cccc(OC)c4)oc3c2)CC1. The minimum atomic E-state index is 0.112. The van der Waals surface area contributed by atoms with E-state index in [4.69, 9.17) is 9.15 Å². The Balaban J connectivity index is 1.42. The van der Waals surface area contributed by atoms with Crippen LogP contribution in [0.2, 0.25) is 0 Å². The summed E-state index contributed by atoms with van der Waals surface area (Å²) in [6.07, 6.45) is 8.19. The van der Waals surface area contributed by atoms with E-state index in [1.807, 2.05) is 42.5 Å². The van der Waals surface area contributed by atoms with Crippen molar-refractivity contribution in [2.45, 2.75) is 51.9 Å². The fraction of sp³-hybridized carbons (Fsp3) is 0.440. The fourth-order valence-corrected chi connectivity index (χ4v) is 4.33. The van der Waals surface area contributed by atoms with Gasteiger partial charge in [-0.2, -0.15) is 0 Å². The van der Waals surface area contributed by atoms with Gasteiger partial charge in [0.1, 0.15) is 11.3 Å². The van der Waals surface area contributed by atoms with Crippen LogP contribution in [0.5, 0.6) is 5.75 Å². The van der Waals surface area contributed by atoms with Crippen molar-refractivity contribution in [3.05, 3.63) is 42.5 Å². The summed E-state index contributed by atoms with van der Waals surface area (Å²) in [5, 5.41) is 3.08. The lowest BCUT2D eigenvalue weighted by Crippen LogP contribution is -2.27. The van der Waals surface area contributed by atoms with Crippen molar-refractivity contribution in [3.63, 3.8) is 0 Å². The third-order valence-electron chi connectivity index (χ3n) is 6.16. The topological polar surface area (TPSA) is 64.4 Å². The van der Waals surface area contributed by atoms with E-state index in [-0.39, 0.29) is 11.8 Å². The number of ether oxygens (including phenoxy) is 1. The van der Waals surface area contributed by atoms with Crippen molar-refractivity contribution in [2.75, 3.05) is 12.4 Å². The average Bonchev–Trinajstić information content (AvgIpc) is 3.21. The van der Waals surface area contributed by atoms with Crippen LogP contribution in [0.15, 0.2) is 46.9 Å². The maximum atomic E-state index is 12.8. The third kappa shape index (κ3) is 4.66. The molecule has 30 heavy (non-hydrogen) atoms. The number of fused-ring (bicyclic) bond motifs is 1. The van der Waals surface area contributed by atoms with Gasteiger partial charge in [-0.25, -0.2) is 4.98 Å². The van der Waals surface area contributed by atoms with Crippen molar-refractivity contribution in [1.29, 1.82) is 0 Å². The van der Waals surface area contributed by atoms with Crippen molar-refractivity contribution in [2.24, 2.45) is 11.8 Å². The molecule has 1 aliphatic carbocycles. The molecule has 0 unspecified atom stereocenters. The molecule has 0 atom stereocenters. The van der Waals surface area contributed by atoms with E-state index in [1.165, 1.54) is 32.1 Å². The summed E-state index contributed by atoms with van der Waals surface area (Å²) >= 11 is 0. The van der Waals surface area contributed by atoms with E-state index in [2.05, 4.69) is 17.2 Å². The van der Waals surface area contributed by atoms with E-state index >= 15 is 0 Å². The van der Waals surface area contributed by atoms with E-state index in [0.29, 0.717) is 11.5 Å². The zero-order chi connectivity index (χ0) is 20.9. The summed E-state index contributed by atoms with van der Waals surface area (Å²) in [6.45, 7) is 2.24. The number of carbonyl (C=O) groups excluding carboxylic acids is 1. The molecule has 5 nitrogen and oxygen atoms in total. The number of carbonyl (C=O) groups is 1. The van der Waals surface area contributed by atoms with Gasteiger partial charge in [0.15, 0.2) is 5.58 Å². The summed E-state index contributed by atoms with van der Waals surface area (Å²) in [5.74, 6) is 2.33. The number of aromatic nitrogens is 1. The van der Waals surface area contributed by atoms with E-state index in [0.717, 1.165) is 41.3 Å². The molecular formula is C25H30N2O3. The highest BCUT2D eigenvalue weighted by Crippen LogP contribution is 2.33. The molecule has 1 amide bonds. The quantitative estimate of drug-likeness (QED) is 0.490. The normalized spacial score (nSPS) is 19.0. The molecule has 0 radical (unpaired) electrons. The molecule has 158 valence electrons. The zero-order valence-corrected chi connectivity index (χ0v) is 17.8. The molecule has 0 aliphatic heterocycles. The number of rotatable bonds is 7. The van der Waals surface area contributed by atoms with Crippen LogP contribution in [-0.2, 0) is 4.79 Å². The Bertz CT molecular complexity index is 1000. The Morgan fingerprint density at radius 2 is 2.00 bits per heavy atom. The van der Waals surface area contributed by atoms with Gasteiger partial charge in [0.05, 0.1) is 7.11 Å². The second-order valence-electron chi connectivity index (χ2n) is 8.28. The second-order valence-corrected chi connectivity index (χ2v) is 8.28. The Kier molecular flexibility index (Phi) is 6.36. The minimum Gasteiger partial charge on any atom is -0.497 e. The van der Waals surface area contributed by atoms with Crippen LogP contribution in [-0.4, -0.2) is 18.0 Å². The molecule has 1 heterocycles. The standard InChI is InChI=1S/C25H30N2O3/c1-3-4-6-17-9-11-18(12-10-17)24(28)26-20-13-14-22-23(16-20)30-25(27-22)19-7-5-8-21(15-19)29-2/h5,7-8,13-18H,3-4,6,9-12H2,1-2H3,(H,26,28). The number of anilines is 1. The highest BCUT2D eigenvalue weighted by Gasteiger charge is 2.26. The van der Waals surface area contributed by atoms with Gasteiger partial charge in [-0.15, -0.1) is 0 Å². The molecule has 1 aliphatic rings. The lowest BCUT2D eigenvalue weighted by Gasteiger charge is -2.27. The number of hydrogen-bond donors (Lipinski definition) is 1. The molecule has 0 spiro atoms. The van der Waals surface area contributed by atoms with E-state index in [1.54, 1.807) is 7.11 Å². The predicted octanol–water partition coefficient (Wildman–Crippen LogP) is 6.44. The maximum absolute atomic E-state index is 12.8. The van der Waals surface area contributed by atoms with Crippen LogP contribution in [0.4, 0.5) is 5.69 Å². The number of hydrogen-bond acceptors (Lipinski definition) is 4. The molecule has 2 aromatic carbocycles. The van der Waals surface area contributed by atoms with Gasteiger partial charge in [0, 0.05) is 23.2 Å². The summed E-state index contributed by atoms with van der Waals surface area (Å²) in [4.78, 5) is 17.3. The number of nitrogens with one attached hydrogen (secondary N) is 1. The van der Waals surface area contributed by atoms with Crippen molar-refractivity contribution in [1.82, 2.24) is 4.98 Å². The number of nitrogens with zero attached hydrogens (tertiary/aromatic N) is 1. The Morgan fingerprint density at radius 1 is 1.17 bits per heavy atom. The van der Waals surface area contributed by atoms with Gasteiger partial charge in [0.25, 0.3) is 0 Å². The molecule has 1 aromatic heterocycles. The monoisotopic (exact) mass is 406 g/mol. The largest absolute Gasteiger partial charge is 0.497 e.